The molecule has 0 atom stereocenters. The van der Waals surface area contributed by atoms with Gasteiger partial charge in [0, 0.05) is 29.3 Å². The van der Waals surface area contributed by atoms with Gasteiger partial charge < -0.3 is 10.2 Å². The number of rotatable bonds is 4. The molecule has 0 saturated heterocycles. The van der Waals surface area contributed by atoms with Crippen LogP contribution in [0, 0.1) is 0 Å². The zero-order valence-electron chi connectivity index (χ0n) is 12.4. The van der Waals surface area contributed by atoms with Crippen molar-refractivity contribution in [1.29, 1.82) is 0 Å². The number of hydrogen-bond acceptors (Lipinski definition) is 4. The van der Waals surface area contributed by atoms with Gasteiger partial charge in [-0.25, -0.2) is 0 Å². The Morgan fingerprint density at radius 3 is 3.00 bits per heavy atom. The maximum absolute atomic E-state index is 12.3. The zero-order chi connectivity index (χ0) is 15.5. The lowest BCUT2D eigenvalue weighted by Crippen LogP contribution is -2.34. The molecule has 3 rings (SSSR count). The Morgan fingerprint density at radius 1 is 1.41 bits per heavy atom. The summed E-state index contributed by atoms with van der Waals surface area (Å²) in [5.41, 5.74) is 1.12. The number of nitrogens with zero attached hydrogens (tertiary/aromatic N) is 1. The molecule has 1 aliphatic heterocycles. The number of hydrogen-bond donors (Lipinski definition) is 1. The maximum Gasteiger partial charge on any atom is 0.261 e. The van der Waals surface area contributed by atoms with Crippen molar-refractivity contribution in [3.63, 3.8) is 0 Å². The van der Waals surface area contributed by atoms with Crippen molar-refractivity contribution in [2.45, 2.75) is 32.9 Å². The SMILES string of the molecule is CCC(=O)N1CCc2sc(C(=O)NCc3cccs3)cc2C1. The predicted octanol–water partition coefficient (Wildman–Crippen LogP) is 3.03. The predicted molar refractivity (Wildman–Crippen MR) is 89.2 cm³/mol. The Balaban J connectivity index is 1.65. The van der Waals surface area contributed by atoms with Crippen molar-refractivity contribution in [1.82, 2.24) is 10.2 Å². The highest BCUT2D eigenvalue weighted by Gasteiger charge is 2.23. The fourth-order valence-electron chi connectivity index (χ4n) is 2.55. The molecule has 0 fully saturated rings. The number of fused-ring (bicyclic) bond motifs is 1. The van der Waals surface area contributed by atoms with Gasteiger partial charge in [-0.15, -0.1) is 22.7 Å². The molecule has 1 N–H and O–H groups in total. The second-order valence-electron chi connectivity index (χ2n) is 5.24. The first-order valence-corrected chi connectivity index (χ1v) is 9.07. The van der Waals surface area contributed by atoms with Crippen molar-refractivity contribution in [2.24, 2.45) is 0 Å². The van der Waals surface area contributed by atoms with E-state index in [1.165, 1.54) is 4.88 Å². The summed E-state index contributed by atoms with van der Waals surface area (Å²) in [5.74, 6) is 0.154. The van der Waals surface area contributed by atoms with E-state index in [1.54, 1.807) is 22.7 Å². The first-order valence-electron chi connectivity index (χ1n) is 7.37. The van der Waals surface area contributed by atoms with Crippen molar-refractivity contribution in [3.05, 3.63) is 43.8 Å². The molecular weight excluding hydrogens is 316 g/mol. The summed E-state index contributed by atoms with van der Waals surface area (Å²) in [6, 6.07) is 5.94. The largest absolute Gasteiger partial charge is 0.346 e. The minimum absolute atomic E-state index is 0.0267. The number of thiophene rings is 2. The van der Waals surface area contributed by atoms with Gasteiger partial charge in [0.05, 0.1) is 11.4 Å². The van der Waals surface area contributed by atoms with Gasteiger partial charge >= 0.3 is 0 Å². The lowest BCUT2D eigenvalue weighted by atomic mass is 10.1. The molecule has 1 aliphatic rings. The molecule has 0 spiro atoms. The Kier molecular flexibility index (Phi) is 4.59. The van der Waals surface area contributed by atoms with E-state index in [-0.39, 0.29) is 11.8 Å². The van der Waals surface area contributed by atoms with E-state index in [0.717, 1.165) is 28.3 Å². The molecule has 0 bridgehead atoms. The van der Waals surface area contributed by atoms with Crippen LogP contribution in [0.25, 0.3) is 0 Å². The van der Waals surface area contributed by atoms with Gasteiger partial charge in [-0.2, -0.15) is 0 Å². The van der Waals surface area contributed by atoms with Crippen LogP contribution in [-0.2, 0) is 24.3 Å². The van der Waals surface area contributed by atoms with Crippen molar-refractivity contribution >= 4 is 34.5 Å². The normalized spacial score (nSPS) is 13.8. The summed E-state index contributed by atoms with van der Waals surface area (Å²) in [6.45, 7) is 3.85. The van der Waals surface area contributed by atoms with Crippen LogP contribution in [0.15, 0.2) is 23.6 Å². The van der Waals surface area contributed by atoms with Gasteiger partial charge in [-0.3, -0.25) is 9.59 Å². The van der Waals surface area contributed by atoms with E-state index < -0.39 is 0 Å². The van der Waals surface area contributed by atoms with Gasteiger partial charge in [-0.1, -0.05) is 13.0 Å². The molecule has 0 saturated carbocycles. The van der Waals surface area contributed by atoms with Crippen LogP contribution in [0.4, 0.5) is 0 Å². The summed E-state index contributed by atoms with van der Waals surface area (Å²) >= 11 is 3.19. The molecule has 22 heavy (non-hydrogen) atoms. The third-order valence-corrected chi connectivity index (χ3v) is 5.86. The summed E-state index contributed by atoms with van der Waals surface area (Å²) < 4.78 is 0. The van der Waals surface area contributed by atoms with E-state index in [9.17, 15) is 9.59 Å². The summed E-state index contributed by atoms with van der Waals surface area (Å²) in [5, 5.41) is 4.96. The van der Waals surface area contributed by atoms with E-state index in [1.807, 2.05) is 35.4 Å². The molecule has 116 valence electrons. The van der Waals surface area contributed by atoms with Crippen LogP contribution >= 0.6 is 22.7 Å². The standard InChI is InChI=1S/C16H18N2O2S2/c1-2-15(19)18-6-5-13-11(10-18)8-14(22-13)16(20)17-9-12-4-3-7-21-12/h3-4,7-8H,2,5-6,9-10H2,1H3,(H,17,20). The van der Waals surface area contributed by atoms with Crippen LogP contribution in [0.5, 0.6) is 0 Å². The maximum atomic E-state index is 12.3. The molecule has 2 aromatic rings. The van der Waals surface area contributed by atoms with E-state index in [0.29, 0.717) is 19.5 Å². The van der Waals surface area contributed by atoms with Crippen LogP contribution in [0.1, 0.15) is 38.3 Å². The van der Waals surface area contributed by atoms with E-state index >= 15 is 0 Å². The number of amides is 2. The topological polar surface area (TPSA) is 49.4 Å². The molecule has 0 unspecified atom stereocenters. The van der Waals surface area contributed by atoms with Crippen LogP contribution < -0.4 is 5.32 Å². The molecule has 3 heterocycles. The smallest absolute Gasteiger partial charge is 0.261 e. The van der Waals surface area contributed by atoms with E-state index in [4.69, 9.17) is 0 Å². The summed E-state index contributed by atoms with van der Waals surface area (Å²) in [4.78, 5) is 29.1. The minimum Gasteiger partial charge on any atom is -0.346 e. The van der Waals surface area contributed by atoms with Gasteiger partial charge in [0.2, 0.25) is 5.91 Å². The minimum atomic E-state index is -0.0267. The van der Waals surface area contributed by atoms with Crippen molar-refractivity contribution in [2.75, 3.05) is 6.54 Å². The monoisotopic (exact) mass is 334 g/mol. The molecule has 0 radical (unpaired) electrons. The Bertz CT molecular complexity index is 676. The molecule has 2 amide bonds. The second-order valence-corrected chi connectivity index (χ2v) is 7.41. The van der Waals surface area contributed by atoms with Gasteiger partial charge in [0.1, 0.15) is 0 Å². The first kappa shape index (κ1) is 15.2. The Morgan fingerprint density at radius 2 is 2.27 bits per heavy atom. The second kappa shape index (κ2) is 6.62. The molecular formula is C16H18N2O2S2. The highest BCUT2D eigenvalue weighted by atomic mass is 32.1. The third-order valence-electron chi connectivity index (χ3n) is 3.75. The molecule has 0 aliphatic carbocycles. The lowest BCUT2D eigenvalue weighted by molar-refractivity contribution is -0.131. The van der Waals surface area contributed by atoms with Crippen molar-refractivity contribution in [3.8, 4) is 0 Å². The molecule has 6 heteroatoms. The highest BCUT2D eigenvalue weighted by molar-refractivity contribution is 7.14. The van der Waals surface area contributed by atoms with Crippen LogP contribution in [0.3, 0.4) is 0 Å². The number of carbonyl (C=O) groups excluding carboxylic acids is 2. The van der Waals surface area contributed by atoms with Crippen LogP contribution in [-0.4, -0.2) is 23.3 Å². The van der Waals surface area contributed by atoms with Gasteiger partial charge in [0.25, 0.3) is 5.91 Å². The average molecular weight is 334 g/mol. The Labute approximate surface area is 137 Å². The van der Waals surface area contributed by atoms with Gasteiger partial charge in [-0.05, 0) is 29.5 Å². The zero-order valence-corrected chi connectivity index (χ0v) is 14.1. The van der Waals surface area contributed by atoms with Crippen LogP contribution in [0.2, 0.25) is 0 Å². The Hall–Kier alpha value is -1.66. The number of carbonyl (C=O) groups is 2. The summed E-state index contributed by atoms with van der Waals surface area (Å²) in [7, 11) is 0. The average Bonchev–Trinajstić information content (AvgIpc) is 3.19. The molecule has 4 nitrogen and oxygen atoms in total. The lowest BCUT2D eigenvalue weighted by Gasteiger charge is -2.26. The fraction of sp³-hybridized carbons (Fsp3) is 0.375. The van der Waals surface area contributed by atoms with E-state index in [2.05, 4.69) is 5.32 Å². The fourth-order valence-corrected chi connectivity index (χ4v) is 4.27. The molecule has 0 aromatic carbocycles. The quantitative estimate of drug-likeness (QED) is 0.934. The highest BCUT2D eigenvalue weighted by Crippen LogP contribution is 2.28. The summed E-state index contributed by atoms with van der Waals surface area (Å²) in [6.07, 6.45) is 1.39. The van der Waals surface area contributed by atoms with Crippen molar-refractivity contribution < 1.29 is 9.59 Å². The number of nitrogens with one attached hydrogen (secondary N) is 1. The first-order chi connectivity index (χ1) is 10.7. The van der Waals surface area contributed by atoms with Gasteiger partial charge in [0.15, 0.2) is 0 Å². The third kappa shape index (κ3) is 3.23. The molecule has 2 aromatic heterocycles.